The van der Waals surface area contributed by atoms with E-state index in [9.17, 15) is 4.39 Å². The Morgan fingerprint density at radius 2 is 2.19 bits per heavy atom. The van der Waals surface area contributed by atoms with Crippen LogP contribution in [0, 0.1) is 5.82 Å². The normalized spacial score (nSPS) is 10.6. The SMILES string of the molecule is CNc1ncc(F)c(OCCOC(C)C)n1. The molecule has 0 aromatic carbocycles. The molecule has 5 nitrogen and oxygen atoms in total. The third-order valence-electron chi connectivity index (χ3n) is 1.71. The molecule has 1 aromatic rings. The number of nitrogens with one attached hydrogen (secondary N) is 1. The first-order valence-electron chi connectivity index (χ1n) is 5.08. The molecule has 0 radical (unpaired) electrons. The Morgan fingerprint density at radius 1 is 1.44 bits per heavy atom. The van der Waals surface area contributed by atoms with Gasteiger partial charge in [-0.15, -0.1) is 0 Å². The van der Waals surface area contributed by atoms with Crippen molar-refractivity contribution in [2.24, 2.45) is 0 Å². The van der Waals surface area contributed by atoms with Crippen molar-refractivity contribution >= 4 is 5.95 Å². The van der Waals surface area contributed by atoms with Crippen LogP contribution in [0.1, 0.15) is 13.8 Å². The average molecular weight is 229 g/mol. The fourth-order valence-corrected chi connectivity index (χ4v) is 0.995. The highest BCUT2D eigenvalue weighted by Gasteiger charge is 2.07. The van der Waals surface area contributed by atoms with Gasteiger partial charge < -0.3 is 14.8 Å². The highest BCUT2D eigenvalue weighted by molar-refractivity contribution is 5.27. The standard InChI is InChI=1S/C10H16FN3O2/c1-7(2)15-4-5-16-9-8(11)6-13-10(12-3)14-9/h6-7H,4-5H2,1-3H3,(H,12,13,14). The highest BCUT2D eigenvalue weighted by Crippen LogP contribution is 2.13. The zero-order valence-electron chi connectivity index (χ0n) is 9.66. The maximum Gasteiger partial charge on any atom is 0.255 e. The smallest absolute Gasteiger partial charge is 0.255 e. The van der Waals surface area contributed by atoms with Crippen LogP contribution in [0.5, 0.6) is 5.88 Å². The molecule has 0 aliphatic carbocycles. The minimum atomic E-state index is -0.580. The van der Waals surface area contributed by atoms with Crippen molar-refractivity contribution < 1.29 is 13.9 Å². The van der Waals surface area contributed by atoms with Crippen LogP contribution < -0.4 is 10.1 Å². The molecule has 0 saturated carbocycles. The molecule has 0 unspecified atom stereocenters. The second-order valence-corrected chi connectivity index (χ2v) is 3.36. The second-order valence-electron chi connectivity index (χ2n) is 3.36. The third kappa shape index (κ3) is 3.98. The predicted octanol–water partition coefficient (Wildman–Crippen LogP) is 1.46. The zero-order valence-corrected chi connectivity index (χ0v) is 9.66. The number of rotatable bonds is 6. The first-order valence-corrected chi connectivity index (χ1v) is 5.08. The Bertz CT molecular complexity index is 334. The molecule has 0 fully saturated rings. The van der Waals surface area contributed by atoms with Gasteiger partial charge in [0.15, 0.2) is 0 Å². The number of hydrogen-bond acceptors (Lipinski definition) is 5. The summed E-state index contributed by atoms with van der Waals surface area (Å²) in [5.74, 6) is -0.323. The van der Waals surface area contributed by atoms with Crippen molar-refractivity contribution in [1.29, 1.82) is 0 Å². The van der Waals surface area contributed by atoms with Crippen molar-refractivity contribution in [3.8, 4) is 5.88 Å². The van der Waals surface area contributed by atoms with Gasteiger partial charge >= 0.3 is 0 Å². The molecular weight excluding hydrogens is 213 g/mol. The summed E-state index contributed by atoms with van der Waals surface area (Å²) in [6, 6.07) is 0. The van der Waals surface area contributed by atoms with E-state index in [-0.39, 0.29) is 18.6 Å². The van der Waals surface area contributed by atoms with Crippen molar-refractivity contribution in [1.82, 2.24) is 9.97 Å². The average Bonchev–Trinajstić information content (AvgIpc) is 2.26. The summed E-state index contributed by atoms with van der Waals surface area (Å²) in [7, 11) is 1.65. The number of anilines is 1. The lowest BCUT2D eigenvalue weighted by atomic mass is 10.5. The fraction of sp³-hybridized carbons (Fsp3) is 0.600. The predicted molar refractivity (Wildman–Crippen MR) is 58.1 cm³/mol. The third-order valence-corrected chi connectivity index (χ3v) is 1.71. The Hall–Kier alpha value is -1.43. The van der Waals surface area contributed by atoms with Gasteiger partial charge in [-0.05, 0) is 13.8 Å². The van der Waals surface area contributed by atoms with Crippen molar-refractivity contribution in [2.45, 2.75) is 20.0 Å². The number of halogens is 1. The first kappa shape index (κ1) is 12.6. The molecule has 0 saturated heterocycles. The minimum Gasteiger partial charge on any atom is -0.473 e. The Kier molecular flexibility index (Phi) is 4.91. The van der Waals surface area contributed by atoms with Crippen LogP contribution in [0.3, 0.4) is 0 Å². The van der Waals surface area contributed by atoms with Crippen molar-refractivity contribution in [2.75, 3.05) is 25.6 Å². The summed E-state index contributed by atoms with van der Waals surface area (Å²) in [6.07, 6.45) is 1.20. The van der Waals surface area contributed by atoms with E-state index in [2.05, 4.69) is 15.3 Å². The summed E-state index contributed by atoms with van der Waals surface area (Å²) in [4.78, 5) is 7.54. The molecule has 0 bridgehead atoms. The molecule has 0 spiro atoms. The van der Waals surface area contributed by atoms with Crippen LogP contribution in [-0.2, 0) is 4.74 Å². The lowest BCUT2D eigenvalue weighted by Gasteiger charge is -2.09. The largest absolute Gasteiger partial charge is 0.473 e. The quantitative estimate of drug-likeness (QED) is 0.748. The Balaban J connectivity index is 2.46. The molecule has 1 aromatic heterocycles. The van der Waals surface area contributed by atoms with Crippen LogP contribution in [-0.4, -0.2) is 36.3 Å². The number of nitrogens with zero attached hydrogens (tertiary/aromatic N) is 2. The molecule has 16 heavy (non-hydrogen) atoms. The molecule has 1 N–H and O–H groups in total. The van der Waals surface area contributed by atoms with Gasteiger partial charge in [0.25, 0.3) is 5.88 Å². The van der Waals surface area contributed by atoms with Crippen LogP contribution in [0.2, 0.25) is 0 Å². The van der Waals surface area contributed by atoms with E-state index in [0.717, 1.165) is 6.20 Å². The van der Waals surface area contributed by atoms with Gasteiger partial charge in [-0.3, -0.25) is 0 Å². The van der Waals surface area contributed by atoms with Crippen molar-refractivity contribution in [3.63, 3.8) is 0 Å². The minimum absolute atomic E-state index is 0.0632. The van der Waals surface area contributed by atoms with E-state index >= 15 is 0 Å². The fourth-order valence-electron chi connectivity index (χ4n) is 0.995. The van der Waals surface area contributed by atoms with E-state index in [4.69, 9.17) is 9.47 Å². The van der Waals surface area contributed by atoms with Gasteiger partial charge in [0.2, 0.25) is 11.8 Å². The van der Waals surface area contributed by atoms with Gasteiger partial charge in [0, 0.05) is 7.05 Å². The molecule has 0 aliphatic rings. The van der Waals surface area contributed by atoms with Crippen LogP contribution in [0.15, 0.2) is 6.20 Å². The topological polar surface area (TPSA) is 56.3 Å². The van der Waals surface area contributed by atoms with Gasteiger partial charge in [0.1, 0.15) is 6.61 Å². The van der Waals surface area contributed by atoms with Gasteiger partial charge in [0.05, 0.1) is 18.9 Å². The lowest BCUT2D eigenvalue weighted by molar-refractivity contribution is 0.0533. The van der Waals surface area contributed by atoms with E-state index in [0.29, 0.717) is 12.6 Å². The van der Waals surface area contributed by atoms with Gasteiger partial charge in [-0.1, -0.05) is 0 Å². The van der Waals surface area contributed by atoms with Crippen LogP contribution in [0.25, 0.3) is 0 Å². The van der Waals surface area contributed by atoms with Crippen LogP contribution >= 0.6 is 0 Å². The summed E-state index contributed by atoms with van der Waals surface area (Å²) >= 11 is 0. The monoisotopic (exact) mass is 229 g/mol. The van der Waals surface area contributed by atoms with E-state index in [1.807, 2.05) is 13.8 Å². The first-order chi connectivity index (χ1) is 7.63. The molecule has 0 aliphatic heterocycles. The van der Waals surface area contributed by atoms with Gasteiger partial charge in [-0.25, -0.2) is 4.98 Å². The van der Waals surface area contributed by atoms with E-state index in [1.165, 1.54) is 0 Å². The summed E-state index contributed by atoms with van der Waals surface area (Å²) < 4.78 is 23.6. The van der Waals surface area contributed by atoms with E-state index in [1.54, 1.807) is 7.05 Å². The number of aromatic nitrogens is 2. The number of hydrogen-bond donors (Lipinski definition) is 1. The second kappa shape index (κ2) is 6.22. The molecule has 1 heterocycles. The highest BCUT2D eigenvalue weighted by atomic mass is 19.1. The molecule has 6 heteroatoms. The zero-order chi connectivity index (χ0) is 12.0. The molecule has 1 rings (SSSR count). The summed E-state index contributed by atoms with van der Waals surface area (Å²) in [5.41, 5.74) is 0. The van der Waals surface area contributed by atoms with E-state index < -0.39 is 5.82 Å². The Morgan fingerprint density at radius 3 is 2.81 bits per heavy atom. The van der Waals surface area contributed by atoms with Crippen LogP contribution in [0.4, 0.5) is 10.3 Å². The summed E-state index contributed by atoms with van der Waals surface area (Å²) in [6.45, 7) is 4.50. The molecule has 0 amide bonds. The lowest BCUT2D eigenvalue weighted by Crippen LogP contribution is -2.13. The summed E-state index contributed by atoms with van der Waals surface area (Å²) in [5, 5.41) is 2.70. The molecule has 90 valence electrons. The van der Waals surface area contributed by atoms with Crippen molar-refractivity contribution in [3.05, 3.63) is 12.0 Å². The maximum atomic E-state index is 13.2. The Labute approximate surface area is 94.0 Å². The molecular formula is C10H16FN3O2. The molecule has 0 atom stereocenters. The maximum absolute atomic E-state index is 13.2. The number of ether oxygens (including phenoxy) is 2. The van der Waals surface area contributed by atoms with Gasteiger partial charge in [-0.2, -0.15) is 9.37 Å².